The monoisotopic (exact) mass is 316 g/mol. The van der Waals surface area contributed by atoms with E-state index in [2.05, 4.69) is 26.0 Å². The smallest absolute Gasteiger partial charge is 0.140 e. The highest BCUT2D eigenvalue weighted by molar-refractivity contribution is 5.86. The Morgan fingerprint density at radius 1 is 1.00 bits per heavy atom. The minimum atomic E-state index is 0.113. The molecule has 0 radical (unpaired) electrons. The molecule has 1 saturated carbocycles. The summed E-state index contributed by atoms with van der Waals surface area (Å²) in [6.45, 7) is 5.17. The molecule has 0 bridgehead atoms. The van der Waals surface area contributed by atoms with Gasteiger partial charge in [-0.1, -0.05) is 58.1 Å². The first-order chi connectivity index (χ1) is 11.2. The Kier molecular flexibility index (Phi) is 7.64. The lowest BCUT2D eigenvalue weighted by Gasteiger charge is -2.27. The second-order valence-corrected chi connectivity index (χ2v) is 6.93. The second kappa shape index (κ2) is 9.75. The summed E-state index contributed by atoms with van der Waals surface area (Å²) in [6.07, 6.45) is 10.3. The van der Waals surface area contributed by atoms with Gasteiger partial charge in [0.1, 0.15) is 11.5 Å². The van der Waals surface area contributed by atoms with Gasteiger partial charge in [-0.2, -0.15) is 0 Å². The van der Waals surface area contributed by atoms with Crippen LogP contribution in [0.2, 0.25) is 0 Å². The van der Waals surface area contributed by atoms with E-state index in [0.717, 1.165) is 38.0 Å². The third-order valence-corrected chi connectivity index (χ3v) is 5.01. The molecule has 2 heteroatoms. The van der Waals surface area contributed by atoms with Gasteiger partial charge in [0.2, 0.25) is 0 Å². The van der Waals surface area contributed by atoms with Crippen molar-refractivity contribution >= 4 is 5.78 Å². The van der Waals surface area contributed by atoms with Crippen molar-refractivity contribution in [2.45, 2.75) is 77.6 Å². The molecule has 23 heavy (non-hydrogen) atoms. The van der Waals surface area contributed by atoms with E-state index < -0.39 is 0 Å². The van der Waals surface area contributed by atoms with Crippen molar-refractivity contribution in [1.82, 2.24) is 0 Å². The van der Waals surface area contributed by atoms with E-state index in [9.17, 15) is 4.79 Å². The molecule has 0 saturated heterocycles. The molecule has 1 fully saturated rings. The van der Waals surface area contributed by atoms with Crippen LogP contribution in [0.5, 0.6) is 5.75 Å². The number of rotatable bonds is 9. The molecular weight excluding hydrogens is 284 g/mol. The predicted molar refractivity (Wildman–Crippen MR) is 96.1 cm³/mol. The van der Waals surface area contributed by atoms with Crippen LogP contribution in [0.1, 0.15) is 83.1 Å². The summed E-state index contributed by atoms with van der Waals surface area (Å²) < 4.78 is 5.70. The lowest BCUT2D eigenvalue weighted by molar-refractivity contribution is -0.123. The fourth-order valence-corrected chi connectivity index (χ4v) is 3.50. The fourth-order valence-electron chi connectivity index (χ4n) is 3.50. The third-order valence-electron chi connectivity index (χ3n) is 5.01. The van der Waals surface area contributed by atoms with Crippen molar-refractivity contribution < 1.29 is 9.53 Å². The number of hydrogen-bond acceptors (Lipinski definition) is 2. The first-order valence-electron chi connectivity index (χ1n) is 9.50. The van der Waals surface area contributed by atoms with Crippen LogP contribution in [0.4, 0.5) is 0 Å². The zero-order chi connectivity index (χ0) is 16.5. The summed E-state index contributed by atoms with van der Waals surface area (Å²) in [5, 5.41) is 0. The normalized spacial score (nSPS) is 21.4. The summed E-state index contributed by atoms with van der Waals surface area (Å²) in [4.78, 5) is 12.5. The van der Waals surface area contributed by atoms with Gasteiger partial charge < -0.3 is 4.74 Å². The molecule has 1 aliphatic carbocycles. The molecule has 2 nitrogen and oxygen atoms in total. The average Bonchev–Trinajstić information content (AvgIpc) is 2.56. The van der Waals surface area contributed by atoms with Crippen LogP contribution >= 0.6 is 0 Å². The second-order valence-electron chi connectivity index (χ2n) is 6.93. The minimum Gasteiger partial charge on any atom is -0.494 e. The Morgan fingerprint density at radius 3 is 2.39 bits per heavy atom. The molecule has 1 aromatic carbocycles. The fraction of sp³-hybridized carbons (Fsp3) is 0.667. The Bertz CT molecular complexity index is 463. The van der Waals surface area contributed by atoms with E-state index in [0.29, 0.717) is 11.7 Å². The highest BCUT2D eigenvalue weighted by atomic mass is 16.5. The van der Waals surface area contributed by atoms with Gasteiger partial charge >= 0.3 is 0 Å². The molecule has 2 rings (SSSR count). The van der Waals surface area contributed by atoms with Gasteiger partial charge in [-0.05, 0) is 42.9 Å². The van der Waals surface area contributed by atoms with Crippen LogP contribution in [0.25, 0.3) is 0 Å². The molecule has 0 aromatic heterocycles. The van der Waals surface area contributed by atoms with E-state index in [1.807, 2.05) is 12.1 Å². The van der Waals surface area contributed by atoms with Crippen LogP contribution in [-0.2, 0) is 4.79 Å². The number of Topliss-reactive ketones (excluding diaryl/α,β-unsaturated/α-hetero) is 1. The lowest BCUT2D eigenvalue weighted by atomic mass is 9.76. The van der Waals surface area contributed by atoms with E-state index >= 15 is 0 Å². The van der Waals surface area contributed by atoms with E-state index in [1.54, 1.807) is 0 Å². The van der Waals surface area contributed by atoms with Gasteiger partial charge in [-0.3, -0.25) is 4.79 Å². The van der Waals surface area contributed by atoms with Crippen molar-refractivity contribution in [2.24, 2.45) is 5.92 Å². The number of benzene rings is 1. The van der Waals surface area contributed by atoms with E-state index in [-0.39, 0.29) is 5.92 Å². The molecule has 0 N–H and O–H groups in total. The number of carbonyl (C=O) groups is 1. The van der Waals surface area contributed by atoms with Crippen molar-refractivity contribution in [1.29, 1.82) is 0 Å². The quantitative estimate of drug-likeness (QED) is 0.530. The van der Waals surface area contributed by atoms with Crippen LogP contribution in [0.3, 0.4) is 0 Å². The molecule has 0 aliphatic heterocycles. The van der Waals surface area contributed by atoms with E-state index in [1.165, 1.54) is 37.7 Å². The maximum atomic E-state index is 12.5. The standard InChI is InChI=1S/C21H32O2/c1-3-5-7-8-17-9-14-20(21(22)16-17)18-10-12-19(13-11-18)23-15-6-4-2/h10-13,17,20H,3-9,14-16H2,1-2H3/t17-,20+/m1/s1. The van der Waals surface area contributed by atoms with Gasteiger partial charge in [0.05, 0.1) is 6.61 Å². The topological polar surface area (TPSA) is 26.3 Å². The van der Waals surface area contributed by atoms with E-state index in [4.69, 9.17) is 4.74 Å². The van der Waals surface area contributed by atoms with Crippen LogP contribution in [0, 0.1) is 5.92 Å². The number of carbonyl (C=O) groups excluding carboxylic acids is 1. The highest BCUT2D eigenvalue weighted by Gasteiger charge is 2.29. The Morgan fingerprint density at radius 2 is 1.74 bits per heavy atom. The number of unbranched alkanes of at least 4 members (excludes halogenated alkanes) is 3. The first-order valence-corrected chi connectivity index (χ1v) is 9.50. The molecule has 0 spiro atoms. The van der Waals surface area contributed by atoms with Crippen LogP contribution in [0.15, 0.2) is 24.3 Å². The minimum absolute atomic E-state index is 0.113. The van der Waals surface area contributed by atoms with Crippen molar-refractivity contribution in [3.05, 3.63) is 29.8 Å². The van der Waals surface area contributed by atoms with Crippen molar-refractivity contribution in [3.63, 3.8) is 0 Å². The highest BCUT2D eigenvalue weighted by Crippen LogP contribution is 2.35. The van der Waals surface area contributed by atoms with Crippen molar-refractivity contribution in [3.8, 4) is 5.75 Å². The summed E-state index contributed by atoms with van der Waals surface area (Å²) in [6, 6.07) is 8.21. The van der Waals surface area contributed by atoms with Gasteiger partial charge in [-0.25, -0.2) is 0 Å². The summed E-state index contributed by atoms with van der Waals surface area (Å²) in [5.41, 5.74) is 1.17. The number of ketones is 1. The molecule has 128 valence electrons. The number of hydrogen-bond donors (Lipinski definition) is 0. The van der Waals surface area contributed by atoms with Crippen molar-refractivity contribution in [2.75, 3.05) is 6.61 Å². The van der Waals surface area contributed by atoms with Gasteiger partial charge in [0, 0.05) is 12.3 Å². The molecule has 1 aliphatic rings. The average molecular weight is 316 g/mol. The maximum Gasteiger partial charge on any atom is 0.140 e. The summed E-state index contributed by atoms with van der Waals surface area (Å²) >= 11 is 0. The Labute approximate surface area is 141 Å². The summed E-state index contributed by atoms with van der Waals surface area (Å²) in [7, 11) is 0. The maximum absolute atomic E-state index is 12.5. The largest absolute Gasteiger partial charge is 0.494 e. The molecule has 1 aromatic rings. The van der Waals surface area contributed by atoms with Crippen LogP contribution < -0.4 is 4.74 Å². The lowest BCUT2D eigenvalue weighted by Crippen LogP contribution is -2.23. The SMILES string of the molecule is CCCCC[C@@H]1CC[C@@H](c2ccc(OCCCC)cc2)C(=O)C1. The Hall–Kier alpha value is -1.31. The van der Waals surface area contributed by atoms with Gasteiger partial charge in [0.15, 0.2) is 0 Å². The first kappa shape index (κ1) is 18.0. The summed E-state index contributed by atoms with van der Waals surface area (Å²) in [5.74, 6) is 2.10. The molecule has 0 amide bonds. The zero-order valence-electron chi connectivity index (χ0n) is 14.9. The van der Waals surface area contributed by atoms with Gasteiger partial charge in [-0.15, -0.1) is 0 Å². The Balaban J connectivity index is 1.84. The molecule has 2 atom stereocenters. The molecular formula is C21H32O2. The third kappa shape index (κ3) is 5.67. The molecule has 0 heterocycles. The predicted octanol–water partition coefficient (Wildman–Crippen LogP) is 5.90. The molecule has 0 unspecified atom stereocenters. The van der Waals surface area contributed by atoms with Gasteiger partial charge in [0.25, 0.3) is 0 Å². The number of ether oxygens (including phenoxy) is 1. The van der Waals surface area contributed by atoms with Crippen LogP contribution in [-0.4, -0.2) is 12.4 Å². The zero-order valence-corrected chi connectivity index (χ0v) is 14.9.